The van der Waals surface area contributed by atoms with E-state index in [-0.39, 0.29) is 0 Å². The molecule has 0 radical (unpaired) electrons. The van der Waals surface area contributed by atoms with Crippen LogP contribution in [0.3, 0.4) is 0 Å². The maximum absolute atomic E-state index is 11.7. The van der Waals surface area contributed by atoms with Gasteiger partial charge in [0.05, 0.1) is 12.2 Å². The molecule has 0 N–H and O–H groups in total. The summed E-state index contributed by atoms with van der Waals surface area (Å²) in [6.45, 7) is 4.33. The van der Waals surface area contributed by atoms with Gasteiger partial charge in [0, 0.05) is 12.8 Å². The van der Waals surface area contributed by atoms with Crippen molar-refractivity contribution in [2.75, 3.05) is 0 Å². The highest BCUT2D eigenvalue weighted by Crippen LogP contribution is 2.29. The molecule has 2 atom stereocenters. The molecule has 0 aliphatic carbocycles. The zero-order chi connectivity index (χ0) is 21.0. The zero-order valence-corrected chi connectivity index (χ0v) is 18.7. The van der Waals surface area contributed by atoms with Crippen LogP contribution in [-0.4, -0.2) is 18.0 Å². The van der Waals surface area contributed by atoms with Crippen molar-refractivity contribution in [3.8, 4) is 0 Å². The van der Waals surface area contributed by atoms with Crippen LogP contribution >= 0.6 is 0 Å². The predicted octanol–water partition coefficient (Wildman–Crippen LogP) is 7.82. The van der Waals surface area contributed by atoms with E-state index in [9.17, 15) is 4.79 Å². The van der Waals surface area contributed by atoms with Gasteiger partial charge in [-0.2, -0.15) is 0 Å². The minimum absolute atomic E-state index is 0.398. The average Bonchev–Trinajstić information content (AvgIpc) is 3.47. The molecule has 29 heavy (non-hydrogen) atoms. The Morgan fingerprint density at radius 3 is 1.83 bits per heavy atom. The van der Waals surface area contributed by atoms with Gasteiger partial charge in [0.2, 0.25) is 0 Å². The number of ketones is 1. The van der Waals surface area contributed by atoms with Crippen molar-refractivity contribution >= 4 is 5.78 Å². The fourth-order valence-corrected chi connectivity index (χ4v) is 3.09. The van der Waals surface area contributed by atoms with Gasteiger partial charge in [0.25, 0.3) is 0 Å². The molecule has 0 amide bonds. The second-order valence-electron chi connectivity index (χ2n) is 7.69. The average molecular weight is 399 g/mol. The van der Waals surface area contributed by atoms with E-state index in [2.05, 4.69) is 74.6 Å². The Morgan fingerprint density at radius 2 is 1.24 bits per heavy atom. The number of carbonyl (C=O) groups excluding carboxylic acids is 1. The summed E-state index contributed by atoms with van der Waals surface area (Å²) >= 11 is 0. The van der Waals surface area contributed by atoms with E-state index in [1.165, 1.54) is 12.8 Å². The number of epoxide rings is 1. The van der Waals surface area contributed by atoms with E-state index < -0.39 is 0 Å². The highest BCUT2D eigenvalue weighted by Gasteiger charge is 2.35. The Morgan fingerprint density at radius 1 is 0.690 bits per heavy atom. The Balaban J connectivity index is 1.95. The number of unbranched alkanes of at least 4 members (excludes halogenated alkanes) is 2. The number of carbonyl (C=O) groups is 1. The molecule has 1 aliphatic heterocycles. The van der Waals surface area contributed by atoms with Crippen molar-refractivity contribution in [2.24, 2.45) is 0 Å². The summed E-state index contributed by atoms with van der Waals surface area (Å²) in [4.78, 5) is 11.7. The molecule has 2 unspecified atom stereocenters. The Bertz CT molecular complexity index is 551. The normalized spacial score (nSPS) is 19.7. The molecule has 0 aromatic heterocycles. The molecule has 0 bridgehead atoms. The van der Waals surface area contributed by atoms with E-state index in [1.54, 1.807) is 0 Å². The first-order valence-corrected chi connectivity index (χ1v) is 11.7. The van der Waals surface area contributed by atoms with E-state index in [0.717, 1.165) is 57.8 Å². The molecule has 162 valence electrons. The lowest BCUT2D eigenvalue weighted by atomic mass is 10.1. The minimum Gasteiger partial charge on any atom is -0.369 e. The standard InChI is InChI=1S/C27H42O2/c1-3-5-7-8-9-10-11-15-19-23-26-27(29-26)24-20-16-13-12-14-18-22-25(28)21-17-6-4-2/h5,7,9-10,12,14-16,19-20,26-27H,3-4,6,8,11,13,17-18,21-24H2,1-2H3/b7-5-,10-9-,14-12-,19-15-,20-16-. The van der Waals surface area contributed by atoms with Gasteiger partial charge in [0.15, 0.2) is 0 Å². The van der Waals surface area contributed by atoms with Crippen LogP contribution in [0.15, 0.2) is 60.8 Å². The molecule has 0 saturated carbocycles. The maximum atomic E-state index is 11.7. The van der Waals surface area contributed by atoms with Crippen LogP contribution in [0.5, 0.6) is 0 Å². The van der Waals surface area contributed by atoms with E-state index in [1.807, 2.05) is 0 Å². The summed E-state index contributed by atoms with van der Waals surface area (Å²) in [5.74, 6) is 0.407. The molecule has 0 aromatic rings. The first kappa shape index (κ1) is 25.4. The van der Waals surface area contributed by atoms with Crippen molar-refractivity contribution < 1.29 is 9.53 Å². The van der Waals surface area contributed by atoms with E-state index in [4.69, 9.17) is 4.74 Å². The SMILES string of the molecule is CC/C=C\C/C=C\C/C=C\CC1OC1C/C=C\C/C=C\CCC(=O)CCCCC. The third kappa shape index (κ3) is 15.9. The molecule has 0 spiro atoms. The predicted molar refractivity (Wildman–Crippen MR) is 126 cm³/mol. The lowest BCUT2D eigenvalue weighted by Gasteiger charge is -1.97. The second kappa shape index (κ2) is 18.4. The summed E-state index contributed by atoms with van der Waals surface area (Å²) < 4.78 is 5.72. The first-order valence-electron chi connectivity index (χ1n) is 11.7. The Hall–Kier alpha value is -1.67. The van der Waals surface area contributed by atoms with Crippen molar-refractivity contribution in [1.29, 1.82) is 0 Å². The number of hydrogen-bond donors (Lipinski definition) is 0. The Kier molecular flexibility index (Phi) is 16.1. The van der Waals surface area contributed by atoms with Crippen LogP contribution in [0, 0.1) is 0 Å². The lowest BCUT2D eigenvalue weighted by molar-refractivity contribution is -0.119. The van der Waals surface area contributed by atoms with Crippen LogP contribution in [0.2, 0.25) is 0 Å². The summed E-state index contributed by atoms with van der Waals surface area (Å²) in [7, 11) is 0. The molecule has 1 saturated heterocycles. The maximum Gasteiger partial charge on any atom is 0.133 e. The Labute approximate surface area is 179 Å². The molecule has 1 aliphatic rings. The third-order valence-corrected chi connectivity index (χ3v) is 4.96. The van der Waals surface area contributed by atoms with Gasteiger partial charge in [-0.3, -0.25) is 4.79 Å². The second-order valence-corrected chi connectivity index (χ2v) is 7.69. The number of Topliss-reactive ketones (excluding diaryl/α,β-unsaturated/α-hetero) is 1. The molecule has 1 heterocycles. The quantitative estimate of drug-likeness (QED) is 0.134. The molecule has 2 heteroatoms. The smallest absolute Gasteiger partial charge is 0.133 e. The monoisotopic (exact) mass is 398 g/mol. The number of rotatable bonds is 18. The van der Waals surface area contributed by atoms with Crippen molar-refractivity contribution in [3.63, 3.8) is 0 Å². The van der Waals surface area contributed by atoms with E-state index in [0.29, 0.717) is 24.4 Å². The van der Waals surface area contributed by atoms with Gasteiger partial charge in [-0.25, -0.2) is 0 Å². The fourth-order valence-electron chi connectivity index (χ4n) is 3.09. The molecule has 2 nitrogen and oxygen atoms in total. The minimum atomic E-state index is 0.398. The van der Waals surface area contributed by atoms with Crippen molar-refractivity contribution in [1.82, 2.24) is 0 Å². The number of hydrogen-bond acceptors (Lipinski definition) is 2. The fraction of sp³-hybridized carbons (Fsp3) is 0.593. The first-order chi connectivity index (χ1) is 14.3. The molecule has 1 fully saturated rings. The summed E-state index contributed by atoms with van der Waals surface area (Å²) in [5, 5.41) is 0. The summed E-state index contributed by atoms with van der Waals surface area (Å²) in [6.07, 6.45) is 34.7. The summed E-state index contributed by atoms with van der Waals surface area (Å²) in [5.41, 5.74) is 0. The van der Waals surface area contributed by atoms with E-state index >= 15 is 0 Å². The largest absolute Gasteiger partial charge is 0.369 e. The molecular weight excluding hydrogens is 356 g/mol. The highest BCUT2D eigenvalue weighted by molar-refractivity contribution is 5.78. The lowest BCUT2D eigenvalue weighted by Crippen LogP contribution is -1.96. The highest BCUT2D eigenvalue weighted by atomic mass is 16.6. The third-order valence-electron chi connectivity index (χ3n) is 4.96. The summed E-state index contributed by atoms with van der Waals surface area (Å²) in [6, 6.07) is 0. The number of ether oxygens (including phenoxy) is 1. The van der Waals surface area contributed by atoms with Gasteiger partial charge in [0.1, 0.15) is 5.78 Å². The van der Waals surface area contributed by atoms with Gasteiger partial charge in [-0.05, 0) is 51.4 Å². The van der Waals surface area contributed by atoms with Gasteiger partial charge >= 0.3 is 0 Å². The van der Waals surface area contributed by atoms with Crippen LogP contribution in [0.1, 0.15) is 90.9 Å². The van der Waals surface area contributed by atoms with Gasteiger partial charge < -0.3 is 4.74 Å². The van der Waals surface area contributed by atoms with Crippen LogP contribution in [-0.2, 0) is 9.53 Å². The molecule has 0 aromatic carbocycles. The van der Waals surface area contributed by atoms with Gasteiger partial charge in [-0.1, -0.05) is 87.4 Å². The zero-order valence-electron chi connectivity index (χ0n) is 18.7. The van der Waals surface area contributed by atoms with Gasteiger partial charge in [-0.15, -0.1) is 0 Å². The van der Waals surface area contributed by atoms with Crippen LogP contribution in [0.4, 0.5) is 0 Å². The van der Waals surface area contributed by atoms with Crippen LogP contribution in [0.25, 0.3) is 0 Å². The number of allylic oxidation sites excluding steroid dienone is 8. The van der Waals surface area contributed by atoms with Crippen LogP contribution < -0.4 is 0 Å². The van der Waals surface area contributed by atoms with Crippen molar-refractivity contribution in [2.45, 2.75) is 103 Å². The molecular formula is C27H42O2. The molecule has 1 rings (SSSR count). The van der Waals surface area contributed by atoms with Crippen molar-refractivity contribution in [3.05, 3.63) is 60.8 Å². The topological polar surface area (TPSA) is 29.6 Å².